The molecule has 2 heterocycles. The monoisotopic (exact) mass is 306 g/mol. The molecule has 1 saturated heterocycles. The van der Waals surface area contributed by atoms with Crippen LogP contribution in [-0.2, 0) is 0 Å². The fourth-order valence-corrected chi connectivity index (χ4v) is 3.22. The molecule has 0 radical (unpaired) electrons. The highest BCUT2D eigenvalue weighted by Gasteiger charge is 2.33. The standard InChI is InChI=1S/C15H19ClN4O/c1-19(2)8-10-7-11(21)9-20(10)15-13-6-4-3-5-12(13)14(16)17-18-15/h3-6,10-11,21H,7-9H2,1-2H3. The highest BCUT2D eigenvalue weighted by Crippen LogP contribution is 2.32. The van der Waals surface area contributed by atoms with E-state index in [-0.39, 0.29) is 12.1 Å². The van der Waals surface area contributed by atoms with E-state index in [9.17, 15) is 5.11 Å². The largest absolute Gasteiger partial charge is 0.391 e. The van der Waals surface area contributed by atoms with Gasteiger partial charge in [0.25, 0.3) is 0 Å². The van der Waals surface area contributed by atoms with Crippen molar-refractivity contribution in [2.24, 2.45) is 0 Å². The number of likely N-dealkylation sites (N-methyl/N-ethyl adjacent to an activating group) is 1. The summed E-state index contributed by atoms with van der Waals surface area (Å²) in [6, 6.07) is 8.09. The summed E-state index contributed by atoms with van der Waals surface area (Å²) in [5, 5.41) is 20.7. The summed E-state index contributed by atoms with van der Waals surface area (Å²) < 4.78 is 0. The first kappa shape index (κ1) is 14.5. The maximum atomic E-state index is 10.0. The molecule has 0 spiro atoms. The lowest BCUT2D eigenvalue weighted by Gasteiger charge is -2.28. The van der Waals surface area contributed by atoms with E-state index in [1.54, 1.807) is 0 Å². The Morgan fingerprint density at radius 3 is 2.71 bits per heavy atom. The minimum atomic E-state index is -0.328. The van der Waals surface area contributed by atoms with Crippen LogP contribution in [0.5, 0.6) is 0 Å². The zero-order chi connectivity index (χ0) is 15.0. The predicted molar refractivity (Wildman–Crippen MR) is 84.9 cm³/mol. The Morgan fingerprint density at radius 2 is 2.00 bits per heavy atom. The quantitative estimate of drug-likeness (QED) is 0.937. The number of aliphatic hydroxyl groups excluding tert-OH is 1. The second kappa shape index (κ2) is 5.75. The van der Waals surface area contributed by atoms with E-state index in [1.165, 1.54) is 0 Å². The first-order valence-corrected chi connectivity index (χ1v) is 7.44. The number of hydrogen-bond donors (Lipinski definition) is 1. The SMILES string of the molecule is CN(C)CC1CC(O)CN1c1nnc(Cl)c2ccccc12. The predicted octanol–water partition coefficient (Wildman–Crippen LogP) is 1.78. The molecular weight excluding hydrogens is 288 g/mol. The number of anilines is 1. The summed E-state index contributed by atoms with van der Waals surface area (Å²) in [5.41, 5.74) is 0. The summed E-state index contributed by atoms with van der Waals surface area (Å²) in [7, 11) is 4.07. The van der Waals surface area contributed by atoms with Gasteiger partial charge in [0.05, 0.1) is 6.10 Å². The Bertz CT molecular complexity index is 649. The van der Waals surface area contributed by atoms with Crippen molar-refractivity contribution in [1.29, 1.82) is 0 Å². The Hall–Kier alpha value is -1.43. The summed E-state index contributed by atoms with van der Waals surface area (Å²) in [6.45, 7) is 1.45. The number of hydrogen-bond acceptors (Lipinski definition) is 5. The van der Waals surface area contributed by atoms with Crippen LogP contribution in [0.15, 0.2) is 24.3 Å². The Kier molecular flexibility index (Phi) is 3.97. The molecule has 1 aliphatic rings. The van der Waals surface area contributed by atoms with E-state index in [4.69, 9.17) is 11.6 Å². The molecule has 2 aromatic rings. The van der Waals surface area contributed by atoms with Gasteiger partial charge in [-0.15, -0.1) is 10.2 Å². The van der Waals surface area contributed by atoms with Crippen molar-refractivity contribution >= 4 is 28.2 Å². The van der Waals surface area contributed by atoms with Gasteiger partial charge >= 0.3 is 0 Å². The van der Waals surface area contributed by atoms with Gasteiger partial charge < -0.3 is 14.9 Å². The number of fused-ring (bicyclic) bond motifs is 1. The van der Waals surface area contributed by atoms with Crippen molar-refractivity contribution in [3.63, 3.8) is 0 Å². The van der Waals surface area contributed by atoms with Gasteiger partial charge in [-0.25, -0.2) is 0 Å². The van der Waals surface area contributed by atoms with Gasteiger partial charge in [-0.05, 0) is 20.5 Å². The van der Waals surface area contributed by atoms with Crippen molar-refractivity contribution in [3.05, 3.63) is 29.4 Å². The number of benzene rings is 1. The Morgan fingerprint density at radius 1 is 1.29 bits per heavy atom. The average molecular weight is 307 g/mol. The Labute approximate surface area is 129 Å². The first-order valence-electron chi connectivity index (χ1n) is 7.06. The number of halogens is 1. The zero-order valence-corrected chi connectivity index (χ0v) is 13.0. The van der Waals surface area contributed by atoms with Gasteiger partial charge in [0.1, 0.15) is 0 Å². The molecule has 2 atom stereocenters. The second-order valence-electron chi connectivity index (χ2n) is 5.82. The minimum absolute atomic E-state index is 0.230. The van der Waals surface area contributed by atoms with Crippen molar-refractivity contribution in [3.8, 4) is 0 Å². The highest BCUT2D eigenvalue weighted by atomic mass is 35.5. The third-order valence-corrected chi connectivity index (χ3v) is 4.14. The van der Waals surface area contributed by atoms with Crippen LogP contribution in [0.25, 0.3) is 10.8 Å². The average Bonchev–Trinajstić information content (AvgIpc) is 2.79. The molecule has 1 N–H and O–H groups in total. The van der Waals surface area contributed by atoms with Gasteiger partial charge in [-0.3, -0.25) is 0 Å². The molecule has 3 rings (SSSR count). The summed E-state index contributed by atoms with van der Waals surface area (Å²) in [6.07, 6.45) is 0.419. The molecule has 112 valence electrons. The number of aromatic nitrogens is 2. The maximum Gasteiger partial charge on any atom is 0.159 e. The number of rotatable bonds is 3. The van der Waals surface area contributed by atoms with Gasteiger partial charge in [0.15, 0.2) is 11.0 Å². The fraction of sp³-hybridized carbons (Fsp3) is 0.467. The van der Waals surface area contributed by atoms with Crippen LogP contribution < -0.4 is 4.90 Å². The second-order valence-corrected chi connectivity index (χ2v) is 6.18. The van der Waals surface area contributed by atoms with Crippen LogP contribution >= 0.6 is 11.6 Å². The molecule has 1 fully saturated rings. The third-order valence-electron chi connectivity index (χ3n) is 3.86. The summed E-state index contributed by atoms with van der Waals surface area (Å²) in [5.74, 6) is 0.804. The molecule has 0 bridgehead atoms. The van der Waals surface area contributed by atoms with Crippen molar-refractivity contribution in [1.82, 2.24) is 15.1 Å². The van der Waals surface area contributed by atoms with Gasteiger partial charge in [0.2, 0.25) is 0 Å². The minimum Gasteiger partial charge on any atom is -0.391 e. The number of aliphatic hydroxyl groups is 1. The normalized spacial score (nSPS) is 22.4. The summed E-state index contributed by atoms with van der Waals surface area (Å²) in [4.78, 5) is 4.28. The third kappa shape index (κ3) is 2.81. The van der Waals surface area contributed by atoms with Crippen LogP contribution in [0.2, 0.25) is 5.15 Å². The van der Waals surface area contributed by atoms with E-state index < -0.39 is 0 Å². The van der Waals surface area contributed by atoms with E-state index in [2.05, 4.69) is 20.0 Å². The lowest BCUT2D eigenvalue weighted by atomic mass is 10.1. The van der Waals surface area contributed by atoms with Crippen molar-refractivity contribution in [2.75, 3.05) is 32.1 Å². The maximum absolute atomic E-state index is 10.0. The van der Waals surface area contributed by atoms with Gasteiger partial charge in [0, 0.05) is 29.9 Å². The molecule has 5 nitrogen and oxygen atoms in total. The van der Waals surface area contributed by atoms with E-state index in [0.717, 1.165) is 29.6 Å². The van der Waals surface area contributed by atoms with Crippen LogP contribution in [0.1, 0.15) is 6.42 Å². The highest BCUT2D eigenvalue weighted by molar-refractivity contribution is 6.34. The van der Waals surface area contributed by atoms with Crippen molar-refractivity contribution in [2.45, 2.75) is 18.6 Å². The van der Waals surface area contributed by atoms with E-state index in [1.807, 2.05) is 38.4 Å². The van der Waals surface area contributed by atoms with Crippen LogP contribution in [-0.4, -0.2) is 59.5 Å². The molecule has 1 aromatic carbocycles. The topological polar surface area (TPSA) is 52.5 Å². The molecule has 21 heavy (non-hydrogen) atoms. The van der Waals surface area contributed by atoms with Crippen LogP contribution in [0.3, 0.4) is 0 Å². The molecule has 1 aliphatic heterocycles. The Balaban J connectivity index is 2.04. The van der Waals surface area contributed by atoms with E-state index in [0.29, 0.717) is 11.7 Å². The molecule has 6 heteroatoms. The smallest absolute Gasteiger partial charge is 0.159 e. The molecule has 2 unspecified atom stereocenters. The van der Waals surface area contributed by atoms with Gasteiger partial charge in [-0.1, -0.05) is 35.9 Å². The lowest BCUT2D eigenvalue weighted by Crippen LogP contribution is -2.38. The fourth-order valence-electron chi connectivity index (χ4n) is 3.02. The van der Waals surface area contributed by atoms with E-state index >= 15 is 0 Å². The molecule has 0 aliphatic carbocycles. The van der Waals surface area contributed by atoms with Gasteiger partial charge in [-0.2, -0.15) is 0 Å². The number of β-amino-alcohol motifs (C(OH)–C–C–N with tert-alkyl or cyclic N) is 1. The molecule has 1 aromatic heterocycles. The molecular formula is C15H19ClN4O. The number of nitrogens with zero attached hydrogens (tertiary/aromatic N) is 4. The lowest BCUT2D eigenvalue weighted by molar-refractivity contribution is 0.191. The molecule has 0 amide bonds. The first-order chi connectivity index (χ1) is 10.1. The zero-order valence-electron chi connectivity index (χ0n) is 12.2. The van der Waals surface area contributed by atoms with Crippen LogP contribution in [0, 0.1) is 0 Å². The van der Waals surface area contributed by atoms with Crippen molar-refractivity contribution < 1.29 is 5.11 Å². The summed E-state index contributed by atoms with van der Waals surface area (Å²) >= 11 is 6.14. The van der Waals surface area contributed by atoms with Crippen LogP contribution in [0.4, 0.5) is 5.82 Å². The molecule has 0 saturated carbocycles.